The summed E-state index contributed by atoms with van der Waals surface area (Å²) < 4.78 is 11.6. The van der Waals surface area contributed by atoms with E-state index in [9.17, 15) is 0 Å². The molecule has 1 saturated heterocycles. The number of hydrogen-bond acceptors (Lipinski definition) is 2. The summed E-state index contributed by atoms with van der Waals surface area (Å²) in [5.41, 5.74) is 1.25. The fraction of sp³-hybridized carbons (Fsp3) is 0.538. The summed E-state index contributed by atoms with van der Waals surface area (Å²) >= 11 is 0. The smallest absolute Gasteiger partial charge is 0.110 e. The molecule has 2 bridgehead atoms. The third-order valence-electron chi connectivity index (χ3n) is 3.35. The lowest BCUT2D eigenvalue weighted by Crippen LogP contribution is -2.57. The van der Waals surface area contributed by atoms with Gasteiger partial charge in [0.05, 0.1) is 18.8 Å². The summed E-state index contributed by atoms with van der Waals surface area (Å²) in [5.74, 6) is 0. The van der Waals surface area contributed by atoms with Gasteiger partial charge in [-0.05, 0) is 24.8 Å². The maximum absolute atomic E-state index is 5.91. The van der Waals surface area contributed by atoms with Crippen LogP contribution >= 0.6 is 0 Å². The van der Waals surface area contributed by atoms with Crippen molar-refractivity contribution in [2.24, 2.45) is 0 Å². The minimum atomic E-state index is 0.360. The van der Waals surface area contributed by atoms with Gasteiger partial charge in [-0.1, -0.05) is 30.3 Å². The Morgan fingerprint density at radius 1 is 1.13 bits per heavy atom. The van der Waals surface area contributed by atoms with Crippen molar-refractivity contribution in [2.45, 2.75) is 44.2 Å². The van der Waals surface area contributed by atoms with Gasteiger partial charge in [0.1, 0.15) is 6.10 Å². The molecular weight excluding hydrogens is 188 g/mol. The molecule has 80 valence electrons. The third kappa shape index (κ3) is 1.80. The van der Waals surface area contributed by atoms with Gasteiger partial charge in [0.25, 0.3) is 0 Å². The summed E-state index contributed by atoms with van der Waals surface area (Å²) in [7, 11) is 0. The first kappa shape index (κ1) is 9.37. The largest absolute Gasteiger partial charge is 0.369 e. The second-order valence-corrected chi connectivity index (χ2v) is 4.41. The molecule has 2 aliphatic rings. The van der Waals surface area contributed by atoms with E-state index in [0.717, 1.165) is 6.61 Å². The summed E-state index contributed by atoms with van der Waals surface area (Å²) in [6.07, 6.45) is 4.78. The van der Waals surface area contributed by atoms with Crippen LogP contribution in [0.1, 0.15) is 24.8 Å². The summed E-state index contributed by atoms with van der Waals surface area (Å²) in [6.45, 7) is 0.724. The SMILES string of the molecule is c1ccc(COC2C3CCCC2O3)cc1. The lowest BCUT2D eigenvalue weighted by Gasteiger charge is -2.48. The van der Waals surface area contributed by atoms with E-state index in [0.29, 0.717) is 18.3 Å². The highest BCUT2D eigenvalue weighted by Crippen LogP contribution is 2.37. The predicted molar refractivity (Wildman–Crippen MR) is 57.5 cm³/mol. The van der Waals surface area contributed by atoms with Gasteiger partial charge in [0.15, 0.2) is 0 Å². The highest BCUT2D eigenvalue weighted by atomic mass is 16.6. The van der Waals surface area contributed by atoms with Crippen LogP contribution in [0.3, 0.4) is 0 Å². The van der Waals surface area contributed by atoms with Crippen LogP contribution in [0.2, 0.25) is 0 Å². The van der Waals surface area contributed by atoms with E-state index in [-0.39, 0.29) is 0 Å². The molecule has 2 nitrogen and oxygen atoms in total. The Bertz CT molecular complexity index is 309. The number of hydrogen-bond donors (Lipinski definition) is 0. The topological polar surface area (TPSA) is 18.5 Å². The molecule has 15 heavy (non-hydrogen) atoms. The quantitative estimate of drug-likeness (QED) is 0.753. The molecule has 2 unspecified atom stereocenters. The molecule has 0 aromatic heterocycles. The molecule has 2 atom stereocenters. The van der Waals surface area contributed by atoms with Crippen molar-refractivity contribution in [1.82, 2.24) is 0 Å². The lowest BCUT2D eigenvalue weighted by atomic mass is 9.86. The van der Waals surface area contributed by atoms with Gasteiger partial charge in [-0.15, -0.1) is 0 Å². The molecule has 1 saturated carbocycles. The maximum atomic E-state index is 5.91. The van der Waals surface area contributed by atoms with Crippen LogP contribution in [0.25, 0.3) is 0 Å². The molecule has 0 spiro atoms. The van der Waals surface area contributed by atoms with E-state index in [2.05, 4.69) is 24.3 Å². The highest BCUT2D eigenvalue weighted by molar-refractivity contribution is 5.13. The van der Waals surface area contributed by atoms with Crippen LogP contribution in [0.15, 0.2) is 30.3 Å². The van der Waals surface area contributed by atoms with Crippen LogP contribution in [0, 0.1) is 0 Å². The van der Waals surface area contributed by atoms with Gasteiger partial charge >= 0.3 is 0 Å². The first-order valence-electron chi connectivity index (χ1n) is 5.74. The van der Waals surface area contributed by atoms with Crippen molar-refractivity contribution in [3.8, 4) is 0 Å². The summed E-state index contributed by atoms with van der Waals surface area (Å²) in [6, 6.07) is 10.4. The monoisotopic (exact) mass is 204 g/mol. The zero-order chi connectivity index (χ0) is 10.1. The second kappa shape index (κ2) is 3.95. The standard InChI is InChI=1S/C13H16O2/c1-2-5-10(6-3-1)9-14-13-11-7-4-8-12(13)15-11/h1-3,5-6,11-13H,4,7-9H2. The van der Waals surface area contributed by atoms with Crippen molar-refractivity contribution in [1.29, 1.82) is 0 Å². The van der Waals surface area contributed by atoms with Gasteiger partial charge < -0.3 is 9.47 Å². The van der Waals surface area contributed by atoms with Gasteiger partial charge in [0.2, 0.25) is 0 Å². The molecular formula is C13H16O2. The van der Waals surface area contributed by atoms with E-state index < -0.39 is 0 Å². The van der Waals surface area contributed by atoms with Gasteiger partial charge in [0, 0.05) is 0 Å². The molecule has 0 amide bonds. The van der Waals surface area contributed by atoms with Gasteiger partial charge in [-0.2, -0.15) is 0 Å². The fourth-order valence-electron chi connectivity index (χ4n) is 2.50. The van der Waals surface area contributed by atoms with Crippen LogP contribution < -0.4 is 0 Å². The van der Waals surface area contributed by atoms with Crippen molar-refractivity contribution < 1.29 is 9.47 Å². The van der Waals surface area contributed by atoms with Crippen LogP contribution in [0.5, 0.6) is 0 Å². The molecule has 2 fully saturated rings. The molecule has 1 heterocycles. The zero-order valence-corrected chi connectivity index (χ0v) is 8.76. The van der Waals surface area contributed by atoms with Gasteiger partial charge in [-0.3, -0.25) is 0 Å². The zero-order valence-electron chi connectivity index (χ0n) is 8.76. The van der Waals surface area contributed by atoms with Crippen molar-refractivity contribution in [3.05, 3.63) is 35.9 Å². The number of benzene rings is 1. The molecule has 3 rings (SSSR count). The second-order valence-electron chi connectivity index (χ2n) is 4.41. The van der Waals surface area contributed by atoms with E-state index in [1.165, 1.54) is 24.8 Å². The van der Waals surface area contributed by atoms with Crippen LogP contribution in [-0.2, 0) is 16.1 Å². The first-order valence-corrected chi connectivity index (χ1v) is 5.74. The molecule has 0 radical (unpaired) electrons. The Morgan fingerprint density at radius 3 is 2.53 bits per heavy atom. The van der Waals surface area contributed by atoms with E-state index in [4.69, 9.17) is 9.47 Å². The first-order chi connectivity index (χ1) is 7.43. The van der Waals surface area contributed by atoms with Crippen molar-refractivity contribution >= 4 is 0 Å². The molecule has 1 aromatic carbocycles. The van der Waals surface area contributed by atoms with E-state index in [1.807, 2.05) is 6.07 Å². The predicted octanol–water partition coefficient (Wildman–Crippen LogP) is 2.52. The Kier molecular flexibility index (Phi) is 2.47. The van der Waals surface area contributed by atoms with E-state index in [1.54, 1.807) is 0 Å². The average Bonchev–Trinajstić information content (AvgIpc) is 2.31. The van der Waals surface area contributed by atoms with E-state index >= 15 is 0 Å². The van der Waals surface area contributed by atoms with Gasteiger partial charge in [-0.25, -0.2) is 0 Å². The Labute approximate surface area is 90.2 Å². The lowest BCUT2D eigenvalue weighted by molar-refractivity contribution is -0.266. The number of ether oxygens (including phenoxy) is 2. The number of fused-ring (bicyclic) bond motifs is 2. The summed E-state index contributed by atoms with van der Waals surface area (Å²) in [4.78, 5) is 0. The Hall–Kier alpha value is -0.860. The normalized spacial score (nSPS) is 33.5. The third-order valence-corrected chi connectivity index (χ3v) is 3.35. The average molecular weight is 204 g/mol. The van der Waals surface area contributed by atoms with Crippen molar-refractivity contribution in [2.75, 3.05) is 0 Å². The highest BCUT2D eigenvalue weighted by Gasteiger charge is 2.45. The fourth-order valence-corrected chi connectivity index (χ4v) is 2.50. The number of rotatable bonds is 3. The molecule has 1 aromatic rings. The molecule has 1 aliphatic carbocycles. The Morgan fingerprint density at radius 2 is 1.87 bits per heavy atom. The van der Waals surface area contributed by atoms with Crippen molar-refractivity contribution in [3.63, 3.8) is 0 Å². The van der Waals surface area contributed by atoms with Crippen LogP contribution in [0.4, 0.5) is 0 Å². The van der Waals surface area contributed by atoms with Crippen LogP contribution in [-0.4, -0.2) is 18.3 Å². The minimum Gasteiger partial charge on any atom is -0.369 e. The molecule has 1 aliphatic heterocycles. The Balaban J connectivity index is 1.55. The summed E-state index contributed by atoms with van der Waals surface area (Å²) in [5, 5.41) is 0. The molecule has 2 heteroatoms. The molecule has 0 N–H and O–H groups in total. The minimum absolute atomic E-state index is 0.360. The maximum Gasteiger partial charge on any atom is 0.110 e.